The fourth-order valence-electron chi connectivity index (χ4n) is 1.73. The van der Waals surface area contributed by atoms with Gasteiger partial charge in [-0.3, -0.25) is 10.2 Å². The molecule has 0 aliphatic carbocycles. The number of methoxy groups -OCH3 is 1. The first-order valence-corrected chi connectivity index (χ1v) is 5.75. The molecule has 2 rings (SSSR count). The SMILES string of the molecule is COc1c(F)cc(N/N=C2\CCCNC2=O)cc1F. The molecule has 0 radical (unpaired) electrons. The zero-order valence-corrected chi connectivity index (χ0v) is 10.3. The fraction of sp³-hybridized carbons (Fsp3) is 0.333. The molecule has 102 valence electrons. The van der Waals surface area contributed by atoms with Crippen LogP contribution in [0.25, 0.3) is 0 Å². The summed E-state index contributed by atoms with van der Waals surface area (Å²) in [5.74, 6) is -2.39. The van der Waals surface area contributed by atoms with Crippen molar-refractivity contribution >= 4 is 17.3 Å². The molecule has 1 aromatic rings. The number of benzene rings is 1. The summed E-state index contributed by atoms with van der Waals surface area (Å²) in [5, 5.41) is 6.48. The lowest BCUT2D eigenvalue weighted by Gasteiger charge is -2.13. The molecule has 7 heteroatoms. The van der Waals surface area contributed by atoms with Crippen LogP contribution in [0.15, 0.2) is 17.2 Å². The maximum absolute atomic E-state index is 13.4. The van der Waals surface area contributed by atoms with Crippen LogP contribution < -0.4 is 15.5 Å². The summed E-state index contributed by atoms with van der Waals surface area (Å²) in [6.45, 7) is 0.615. The molecule has 0 aromatic heterocycles. The van der Waals surface area contributed by atoms with Gasteiger partial charge in [0.2, 0.25) is 0 Å². The molecule has 5 nitrogen and oxygen atoms in total. The van der Waals surface area contributed by atoms with Crippen molar-refractivity contribution in [3.8, 4) is 5.75 Å². The zero-order valence-electron chi connectivity index (χ0n) is 10.3. The minimum absolute atomic E-state index is 0.113. The Labute approximate surface area is 108 Å². The largest absolute Gasteiger partial charge is 0.491 e. The Morgan fingerprint density at radius 1 is 1.37 bits per heavy atom. The van der Waals surface area contributed by atoms with Gasteiger partial charge >= 0.3 is 0 Å². The van der Waals surface area contributed by atoms with E-state index in [1.165, 1.54) is 7.11 Å². The first kappa shape index (κ1) is 13.3. The van der Waals surface area contributed by atoms with Gasteiger partial charge in [0.05, 0.1) is 12.8 Å². The zero-order chi connectivity index (χ0) is 13.8. The molecule has 1 heterocycles. The summed E-state index contributed by atoms with van der Waals surface area (Å²) >= 11 is 0. The number of hydrazone groups is 1. The number of halogens is 2. The van der Waals surface area contributed by atoms with E-state index in [1.54, 1.807) is 0 Å². The molecule has 1 aliphatic heterocycles. The van der Waals surface area contributed by atoms with Crippen LogP contribution in [-0.2, 0) is 4.79 Å². The highest BCUT2D eigenvalue weighted by Crippen LogP contribution is 2.25. The van der Waals surface area contributed by atoms with Crippen LogP contribution in [0.4, 0.5) is 14.5 Å². The van der Waals surface area contributed by atoms with Crippen molar-refractivity contribution in [2.24, 2.45) is 5.10 Å². The topological polar surface area (TPSA) is 62.7 Å². The van der Waals surface area contributed by atoms with Gasteiger partial charge in [0.1, 0.15) is 5.71 Å². The molecule has 1 saturated heterocycles. The highest BCUT2D eigenvalue weighted by atomic mass is 19.1. The lowest BCUT2D eigenvalue weighted by molar-refractivity contribution is -0.115. The van der Waals surface area contributed by atoms with E-state index in [2.05, 4.69) is 20.6 Å². The van der Waals surface area contributed by atoms with Crippen molar-refractivity contribution < 1.29 is 18.3 Å². The molecule has 0 unspecified atom stereocenters. The van der Waals surface area contributed by atoms with Crippen molar-refractivity contribution in [1.29, 1.82) is 0 Å². The average molecular weight is 269 g/mol. The van der Waals surface area contributed by atoms with Crippen molar-refractivity contribution in [2.45, 2.75) is 12.8 Å². The van der Waals surface area contributed by atoms with E-state index in [0.29, 0.717) is 18.7 Å². The molecular weight excluding hydrogens is 256 g/mol. The average Bonchev–Trinajstić information content (AvgIpc) is 2.37. The molecule has 0 saturated carbocycles. The number of carbonyl (C=O) groups excluding carboxylic acids is 1. The molecule has 2 N–H and O–H groups in total. The lowest BCUT2D eigenvalue weighted by atomic mass is 10.1. The lowest BCUT2D eigenvalue weighted by Crippen LogP contribution is -2.37. The molecule has 0 spiro atoms. The second-order valence-electron chi connectivity index (χ2n) is 4.00. The monoisotopic (exact) mass is 269 g/mol. The van der Waals surface area contributed by atoms with Gasteiger partial charge in [-0.05, 0) is 12.8 Å². The van der Waals surface area contributed by atoms with Gasteiger partial charge in [-0.2, -0.15) is 5.10 Å². The fourth-order valence-corrected chi connectivity index (χ4v) is 1.73. The van der Waals surface area contributed by atoms with E-state index < -0.39 is 17.4 Å². The summed E-state index contributed by atoms with van der Waals surface area (Å²) in [6.07, 6.45) is 1.32. The normalized spacial score (nSPS) is 17.2. The molecule has 1 amide bonds. The van der Waals surface area contributed by atoms with Gasteiger partial charge in [-0.15, -0.1) is 0 Å². The van der Waals surface area contributed by atoms with E-state index in [0.717, 1.165) is 18.6 Å². The number of rotatable bonds is 3. The molecular formula is C12H13F2N3O2. The first-order chi connectivity index (χ1) is 9.11. The van der Waals surface area contributed by atoms with Crippen LogP contribution in [0.1, 0.15) is 12.8 Å². The number of ether oxygens (including phenoxy) is 1. The van der Waals surface area contributed by atoms with E-state index in [4.69, 9.17) is 0 Å². The summed E-state index contributed by atoms with van der Waals surface area (Å²) in [6, 6.07) is 2.10. The predicted molar refractivity (Wildman–Crippen MR) is 66.2 cm³/mol. The first-order valence-electron chi connectivity index (χ1n) is 5.75. The van der Waals surface area contributed by atoms with E-state index in [1.807, 2.05) is 0 Å². The van der Waals surface area contributed by atoms with Crippen molar-refractivity contribution in [3.63, 3.8) is 0 Å². The Balaban J connectivity index is 2.15. The Morgan fingerprint density at radius 2 is 2.05 bits per heavy atom. The second kappa shape index (κ2) is 5.64. The van der Waals surface area contributed by atoms with Gasteiger partial charge in [0.25, 0.3) is 5.91 Å². The molecule has 1 aromatic carbocycles. The smallest absolute Gasteiger partial charge is 0.267 e. The van der Waals surface area contributed by atoms with Gasteiger partial charge in [-0.1, -0.05) is 0 Å². The number of nitrogens with one attached hydrogen (secondary N) is 2. The minimum atomic E-state index is -0.835. The summed E-state index contributed by atoms with van der Waals surface area (Å²) in [7, 11) is 1.18. The minimum Gasteiger partial charge on any atom is -0.491 e. The van der Waals surface area contributed by atoms with Crippen molar-refractivity contribution in [1.82, 2.24) is 5.32 Å². The van der Waals surface area contributed by atoms with Crippen LogP contribution in [0.5, 0.6) is 5.75 Å². The maximum atomic E-state index is 13.4. The van der Waals surface area contributed by atoms with Gasteiger partial charge in [0, 0.05) is 18.7 Å². The number of hydrogen-bond donors (Lipinski definition) is 2. The third kappa shape index (κ3) is 2.98. The summed E-state index contributed by atoms with van der Waals surface area (Å²) in [4.78, 5) is 11.4. The standard InChI is InChI=1S/C12H13F2N3O2/c1-19-11-8(13)5-7(6-9(11)14)16-17-10-3-2-4-15-12(10)18/h5-6,16H,2-4H2,1H3,(H,15,18)/b17-10+. The van der Waals surface area contributed by atoms with Crippen LogP contribution >= 0.6 is 0 Å². The number of nitrogens with zero attached hydrogens (tertiary/aromatic N) is 1. The van der Waals surface area contributed by atoms with E-state index in [-0.39, 0.29) is 11.6 Å². The highest BCUT2D eigenvalue weighted by molar-refractivity contribution is 6.39. The molecule has 1 aliphatic rings. The van der Waals surface area contributed by atoms with Gasteiger partial charge in [0.15, 0.2) is 17.4 Å². The number of hydrogen-bond acceptors (Lipinski definition) is 4. The summed E-state index contributed by atoms with van der Waals surface area (Å²) < 4.78 is 31.4. The Hall–Kier alpha value is -2.18. The predicted octanol–water partition coefficient (Wildman–Crippen LogP) is 1.65. The highest BCUT2D eigenvalue weighted by Gasteiger charge is 2.16. The number of piperidine rings is 1. The van der Waals surface area contributed by atoms with Crippen LogP contribution in [0.2, 0.25) is 0 Å². The van der Waals surface area contributed by atoms with Crippen molar-refractivity contribution in [2.75, 3.05) is 19.1 Å². The number of carbonyl (C=O) groups is 1. The third-order valence-electron chi connectivity index (χ3n) is 2.66. The van der Waals surface area contributed by atoms with Gasteiger partial charge in [-0.25, -0.2) is 8.78 Å². The Bertz CT molecular complexity index is 509. The van der Waals surface area contributed by atoms with Crippen LogP contribution in [0.3, 0.4) is 0 Å². The molecule has 19 heavy (non-hydrogen) atoms. The second-order valence-corrected chi connectivity index (χ2v) is 4.00. The number of amides is 1. The van der Waals surface area contributed by atoms with E-state index in [9.17, 15) is 13.6 Å². The number of anilines is 1. The Morgan fingerprint density at radius 3 is 2.63 bits per heavy atom. The van der Waals surface area contributed by atoms with Crippen molar-refractivity contribution in [3.05, 3.63) is 23.8 Å². The van der Waals surface area contributed by atoms with Crippen LogP contribution in [0, 0.1) is 11.6 Å². The van der Waals surface area contributed by atoms with Crippen LogP contribution in [-0.4, -0.2) is 25.3 Å². The quantitative estimate of drug-likeness (QED) is 0.820. The molecule has 0 atom stereocenters. The third-order valence-corrected chi connectivity index (χ3v) is 2.66. The molecule has 1 fully saturated rings. The molecule has 0 bridgehead atoms. The maximum Gasteiger partial charge on any atom is 0.267 e. The van der Waals surface area contributed by atoms with E-state index >= 15 is 0 Å². The summed E-state index contributed by atoms with van der Waals surface area (Å²) in [5.41, 5.74) is 2.89. The Kier molecular flexibility index (Phi) is 3.94. The van der Waals surface area contributed by atoms with Gasteiger partial charge < -0.3 is 10.1 Å².